The number of allylic oxidation sites excluding steroid dienone is 1. The number of unbranched alkanes of at least 4 members (excludes halogenated alkanes) is 2. The first-order valence-corrected chi connectivity index (χ1v) is 19.9. The molecule has 1 aliphatic heterocycles. The molecule has 6 atom stereocenters. The molecule has 3 aromatic carbocycles. The number of aromatic hydroxyl groups is 1. The summed E-state index contributed by atoms with van der Waals surface area (Å²) in [5.41, 5.74) is 3.95. The fourth-order valence-corrected chi connectivity index (χ4v) is 8.89. The first-order chi connectivity index (χ1) is 27.8. The summed E-state index contributed by atoms with van der Waals surface area (Å²) >= 11 is 0. The molecule has 1 heterocycles. The Labute approximate surface area is 334 Å². The molecule has 1 amide bonds. The van der Waals surface area contributed by atoms with Crippen LogP contribution in [0.4, 0.5) is 9.18 Å². The number of rotatable bonds is 20. The number of fused-ring (bicyclic) bond motifs is 2. The zero-order valence-corrected chi connectivity index (χ0v) is 32.6. The predicted octanol–water partition coefficient (Wildman–Crippen LogP) is 7.65. The third-order valence-electron chi connectivity index (χ3n) is 11.3. The number of aliphatic hydroxyl groups is 2. The molecular formula is C45H55FN2O9. The highest BCUT2D eigenvalue weighted by molar-refractivity contribution is 6.03. The van der Waals surface area contributed by atoms with Gasteiger partial charge >= 0.3 is 6.09 Å². The Balaban J connectivity index is 1.46. The molecule has 0 unspecified atom stereocenters. The van der Waals surface area contributed by atoms with E-state index in [4.69, 9.17) is 23.8 Å². The minimum atomic E-state index is -1.52. The van der Waals surface area contributed by atoms with E-state index >= 15 is 0 Å². The van der Waals surface area contributed by atoms with Gasteiger partial charge in [-0.05, 0) is 84.6 Å². The van der Waals surface area contributed by atoms with E-state index in [9.17, 15) is 24.5 Å². The van der Waals surface area contributed by atoms with Crippen LogP contribution < -0.4 is 4.74 Å². The van der Waals surface area contributed by atoms with Crippen LogP contribution in [0.15, 0.2) is 102 Å². The van der Waals surface area contributed by atoms with Gasteiger partial charge < -0.3 is 39.1 Å². The van der Waals surface area contributed by atoms with E-state index in [0.29, 0.717) is 36.5 Å². The van der Waals surface area contributed by atoms with Crippen LogP contribution in [0.3, 0.4) is 0 Å². The van der Waals surface area contributed by atoms with Crippen molar-refractivity contribution < 1.29 is 48.3 Å². The van der Waals surface area contributed by atoms with Crippen molar-refractivity contribution >= 4 is 11.8 Å². The van der Waals surface area contributed by atoms with Gasteiger partial charge in [-0.25, -0.2) is 9.18 Å². The summed E-state index contributed by atoms with van der Waals surface area (Å²) in [7, 11) is 1.49. The van der Waals surface area contributed by atoms with Gasteiger partial charge in [-0.2, -0.15) is 0 Å². The number of hydrogen-bond donors (Lipinski definition) is 3. The maximum atomic E-state index is 14.6. The van der Waals surface area contributed by atoms with E-state index in [1.165, 1.54) is 19.2 Å². The van der Waals surface area contributed by atoms with Gasteiger partial charge in [0.05, 0.1) is 31.5 Å². The normalized spacial score (nSPS) is 24.1. The Hall–Kier alpha value is -4.75. The number of amides is 1. The zero-order valence-electron chi connectivity index (χ0n) is 32.6. The topological polar surface area (TPSA) is 140 Å². The van der Waals surface area contributed by atoms with Crippen LogP contribution in [-0.2, 0) is 32.2 Å². The van der Waals surface area contributed by atoms with Crippen LogP contribution in [0, 0.1) is 23.6 Å². The third-order valence-corrected chi connectivity index (χ3v) is 11.3. The maximum absolute atomic E-state index is 14.6. The number of oxime groups is 1. The lowest BCUT2D eigenvalue weighted by molar-refractivity contribution is -0.256. The van der Waals surface area contributed by atoms with Gasteiger partial charge in [0.15, 0.2) is 0 Å². The Morgan fingerprint density at radius 1 is 1.00 bits per heavy atom. The molecular weight excluding hydrogens is 731 g/mol. The summed E-state index contributed by atoms with van der Waals surface area (Å²) in [6.07, 6.45) is 7.79. The minimum Gasteiger partial charge on any atom is -0.508 e. The lowest BCUT2D eigenvalue weighted by atomic mass is 9.55. The summed E-state index contributed by atoms with van der Waals surface area (Å²) in [6, 6.07) is 19.9. The molecule has 0 bridgehead atoms. The molecule has 11 nitrogen and oxygen atoms in total. The van der Waals surface area contributed by atoms with Crippen molar-refractivity contribution in [1.82, 2.24) is 4.90 Å². The van der Waals surface area contributed by atoms with Crippen molar-refractivity contribution in [2.45, 2.75) is 75.8 Å². The predicted molar refractivity (Wildman–Crippen MR) is 213 cm³/mol. The molecule has 3 aliphatic rings. The number of halogens is 1. The largest absolute Gasteiger partial charge is 0.508 e. The monoisotopic (exact) mass is 786 g/mol. The molecule has 3 N–H and O–H groups in total. The highest BCUT2D eigenvalue weighted by Gasteiger charge is 2.65. The lowest BCUT2D eigenvalue weighted by Gasteiger charge is -2.59. The second kappa shape index (κ2) is 20.1. The molecule has 0 spiro atoms. The molecule has 6 rings (SSSR count). The summed E-state index contributed by atoms with van der Waals surface area (Å²) in [5, 5.41) is 35.0. The van der Waals surface area contributed by atoms with Crippen LogP contribution in [0.5, 0.6) is 11.5 Å². The van der Waals surface area contributed by atoms with E-state index in [0.717, 1.165) is 42.4 Å². The Morgan fingerprint density at radius 3 is 2.47 bits per heavy atom. The van der Waals surface area contributed by atoms with E-state index < -0.39 is 29.7 Å². The van der Waals surface area contributed by atoms with Crippen molar-refractivity contribution in [3.05, 3.63) is 120 Å². The van der Waals surface area contributed by atoms with Gasteiger partial charge in [0.1, 0.15) is 37.1 Å². The van der Waals surface area contributed by atoms with E-state index in [1.807, 2.05) is 30.3 Å². The molecule has 306 valence electrons. The first-order valence-electron chi connectivity index (χ1n) is 19.9. The molecule has 1 fully saturated rings. The van der Waals surface area contributed by atoms with Crippen molar-refractivity contribution in [2.24, 2.45) is 22.9 Å². The molecule has 2 aliphatic carbocycles. The molecule has 12 heteroatoms. The molecule has 1 saturated carbocycles. The van der Waals surface area contributed by atoms with Crippen molar-refractivity contribution in [3.8, 4) is 11.5 Å². The third kappa shape index (κ3) is 9.69. The van der Waals surface area contributed by atoms with E-state index in [2.05, 4.69) is 17.8 Å². The Kier molecular flexibility index (Phi) is 14.8. The highest BCUT2D eigenvalue weighted by Crippen LogP contribution is 2.62. The highest BCUT2D eigenvalue weighted by atomic mass is 19.1. The molecule has 0 radical (unpaired) electrons. The van der Waals surface area contributed by atoms with Crippen molar-refractivity contribution in [3.63, 3.8) is 0 Å². The average molecular weight is 787 g/mol. The fraction of sp³-hybridized carbons (Fsp3) is 0.467. The molecule has 3 aromatic rings. The van der Waals surface area contributed by atoms with Crippen LogP contribution in [0.2, 0.25) is 0 Å². The fourth-order valence-electron chi connectivity index (χ4n) is 8.89. The summed E-state index contributed by atoms with van der Waals surface area (Å²) in [4.78, 5) is 21.6. The minimum absolute atomic E-state index is 0.00181. The Morgan fingerprint density at radius 2 is 1.75 bits per heavy atom. The number of hydrogen-bond acceptors (Lipinski definition) is 10. The van der Waals surface area contributed by atoms with Gasteiger partial charge in [0.25, 0.3) is 0 Å². The molecule has 57 heavy (non-hydrogen) atoms. The van der Waals surface area contributed by atoms with Gasteiger partial charge in [-0.15, -0.1) is 6.58 Å². The Bertz CT molecular complexity index is 1840. The van der Waals surface area contributed by atoms with Gasteiger partial charge in [0, 0.05) is 37.7 Å². The quantitative estimate of drug-likeness (QED) is 0.0599. The number of aliphatic hydroxyl groups excluding tert-OH is 2. The molecule has 0 aromatic heterocycles. The summed E-state index contributed by atoms with van der Waals surface area (Å²) in [6.45, 7) is 4.71. The molecule has 0 saturated heterocycles. The second-order valence-corrected chi connectivity index (χ2v) is 14.9. The van der Waals surface area contributed by atoms with Gasteiger partial charge in [-0.3, -0.25) is 4.90 Å². The number of ether oxygens (including phenoxy) is 4. The standard InChI is InChI=1S/C45H55FN2O9/c1-3-23-56-45-41(48(29-31-15-17-34(46)18-16-31)44(52)55-25-24-54-30-32-11-5-4-6-12-32)28-39(47-53-2)37-26-33(13-7-9-21-49)36(14-8-10-22-50)42(43(37)45)38-27-35(51)19-20-40(38)57-45/h3-6,11-12,15-20,26-27,33,36,41-43,49-51H,1,7-10,13-14,21-25,28-30H2,2H3/t33-,36+,41-,42+,43+,45+/m0/s1. The number of carbonyl (C=O) groups is 1. The zero-order chi connectivity index (χ0) is 40.2. The van der Waals surface area contributed by atoms with Gasteiger partial charge in [0.2, 0.25) is 5.79 Å². The van der Waals surface area contributed by atoms with Crippen LogP contribution in [0.25, 0.3) is 0 Å². The summed E-state index contributed by atoms with van der Waals surface area (Å²) < 4.78 is 40.0. The smallest absolute Gasteiger partial charge is 0.410 e. The SMILES string of the molecule is C=CCO[C@@]12Oc3ccc(O)cc3[C@H]3[C@H](CCCCO)[C@@H](CCCCO)C=C(C(=NOC)C[C@@H]1N(Cc1ccc(F)cc1)C(=O)OCCOCc1ccccc1)[C@H]32. The first kappa shape index (κ1) is 41.9. The van der Waals surface area contributed by atoms with Crippen molar-refractivity contribution in [1.29, 1.82) is 0 Å². The van der Waals surface area contributed by atoms with Crippen LogP contribution in [-0.4, -0.2) is 84.0 Å². The lowest BCUT2D eigenvalue weighted by Crippen LogP contribution is -2.70. The van der Waals surface area contributed by atoms with Gasteiger partial charge in [-0.1, -0.05) is 72.6 Å². The number of nitrogens with zero attached hydrogens (tertiary/aromatic N) is 2. The maximum Gasteiger partial charge on any atom is 0.410 e. The van der Waals surface area contributed by atoms with Crippen LogP contribution in [0.1, 0.15) is 67.6 Å². The number of phenolic OH excluding ortho intramolecular Hbond substituents is 1. The number of benzene rings is 3. The van der Waals surface area contributed by atoms with Crippen LogP contribution >= 0.6 is 0 Å². The average Bonchev–Trinajstić information content (AvgIpc) is 3.22. The van der Waals surface area contributed by atoms with E-state index in [-0.39, 0.29) is 69.5 Å². The van der Waals surface area contributed by atoms with E-state index in [1.54, 1.807) is 41.3 Å². The second-order valence-electron chi connectivity index (χ2n) is 14.9. The summed E-state index contributed by atoms with van der Waals surface area (Å²) in [5.74, 6) is -2.11. The van der Waals surface area contributed by atoms with Crippen molar-refractivity contribution in [2.75, 3.05) is 40.1 Å². The number of phenols is 1. The number of carbonyl (C=O) groups excluding carboxylic acids is 1.